The van der Waals surface area contributed by atoms with Crippen molar-refractivity contribution in [3.8, 4) is 5.75 Å². The smallest absolute Gasteiger partial charge is 0.220 e. The molecule has 5 heteroatoms. The lowest BCUT2D eigenvalue weighted by Gasteiger charge is -2.27. The molecule has 1 aromatic heterocycles. The van der Waals surface area contributed by atoms with Crippen LogP contribution in [0.25, 0.3) is 0 Å². The number of fused-ring (bicyclic) bond motifs is 1. The number of pyridine rings is 1. The molecule has 0 spiro atoms. The van der Waals surface area contributed by atoms with Crippen molar-refractivity contribution in [3.05, 3.63) is 59.4 Å². The van der Waals surface area contributed by atoms with Crippen LogP contribution in [0, 0.1) is 0 Å². The minimum absolute atomic E-state index is 0.0878. The lowest BCUT2D eigenvalue weighted by atomic mass is 9.91. The topological polar surface area (TPSA) is 65.5 Å². The molecular formula is C22H29N3O2. The van der Waals surface area contributed by atoms with Crippen LogP contribution in [-0.4, -0.2) is 41.0 Å². The summed E-state index contributed by atoms with van der Waals surface area (Å²) >= 11 is 0. The molecule has 0 fully saturated rings. The van der Waals surface area contributed by atoms with Crippen LogP contribution in [0.1, 0.15) is 48.5 Å². The lowest BCUT2D eigenvalue weighted by molar-refractivity contribution is -0.122. The number of carbonyl (C=O) groups is 1. The van der Waals surface area contributed by atoms with E-state index in [4.69, 9.17) is 0 Å². The number of nitrogens with one attached hydrogen (secondary N) is 1. The average Bonchev–Trinajstić information content (AvgIpc) is 2.66. The van der Waals surface area contributed by atoms with Gasteiger partial charge in [0.1, 0.15) is 5.75 Å². The summed E-state index contributed by atoms with van der Waals surface area (Å²) < 4.78 is 0. The van der Waals surface area contributed by atoms with Gasteiger partial charge in [0.05, 0.1) is 6.04 Å². The van der Waals surface area contributed by atoms with Crippen LogP contribution in [0.5, 0.6) is 5.75 Å². The first kappa shape index (κ1) is 19.4. The van der Waals surface area contributed by atoms with Gasteiger partial charge in [0.25, 0.3) is 0 Å². The number of hydrogen-bond donors (Lipinski definition) is 2. The van der Waals surface area contributed by atoms with E-state index in [2.05, 4.69) is 21.3 Å². The van der Waals surface area contributed by atoms with Crippen molar-refractivity contribution in [1.82, 2.24) is 15.2 Å². The van der Waals surface area contributed by atoms with E-state index < -0.39 is 0 Å². The molecule has 1 heterocycles. The molecular weight excluding hydrogens is 338 g/mol. The molecule has 2 atom stereocenters. The predicted molar refractivity (Wildman–Crippen MR) is 107 cm³/mol. The van der Waals surface area contributed by atoms with Gasteiger partial charge in [0, 0.05) is 24.4 Å². The van der Waals surface area contributed by atoms with Gasteiger partial charge in [-0.05, 0) is 75.5 Å². The van der Waals surface area contributed by atoms with Gasteiger partial charge in [-0.15, -0.1) is 0 Å². The molecule has 27 heavy (non-hydrogen) atoms. The van der Waals surface area contributed by atoms with Crippen molar-refractivity contribution in [3.63, 3.8) is 0 Å². The summed E-state index contributed by atoms with van der Waals surface area (Å²) in [5.74, 6) is 0.385. The molecule has 0 bridgehead atoms. The highest BCUT2D eigenvalue weighted by atomic mass is 16.3. The number of aromatic nitrogens is 1. The fraction of sp³-hybridized carbons (Fsp3) is 0.455. The molecule has 0 radical (unpaired) electrons. The molecule has 1 aliphatic rings. The Balaban J connectivity index is 1.55. The van der Waals surface area contributed by atoms with Crippen LogP contribution >= 0.6 is 0 Å². The highest BCUT2D eigenvalue weighted by Gasteiger charge is 2.23. The van der Waals surface area contributed by atoms with E-state index in [0.29, 0.717) is 6.42 Å². The maximum atomic E-state index is 12.6. The number of amides is 1. The van der Waals surface area contributed by atoms with E-state index >= 15 is 0 Å². The third kappa shape index (κ3) is 5.30. The van der Waals surface area contributed by atoms with Crippen LogP contribution in [-0.2, 0) is 17.6 Å². The zero-order chi connectivity index (χ0) is 19.2. The molecule has 1 amide bonds. The molecule has 0 saturated carbocycles. The molecule has 1 aromatic carbocycles. The maximum Gasteiger partial charge on any atom is 0.220 e. The highest BCUT2D eigenvalue weighted by Crippen LogP contribution is 2.28. The zero-order valence-corrected chi connectivity index (χ0v) is 16.2. The normalized spacial score (nSPS) is 17.4. The zero-order valence-electron chi connectivity index (χ0n) is 16.2. The Hall–Kier alpha value is -2.40. The van der Waals surface area contributed by atoms with Gasteiger partial charge < -0.3 is 15.3 Å². The molecule has 144 valence electrons. The van der Waals surface area contributed by atoms with Crippen molar-refractivity contribution < 1.29 is 9.90 Å². The second-order valence-electron chi connectivity index (χ2n) is 7.58. The van der Waals surface area contributed by atoms with E-state index in [-0.39, 0.29) is 23.7 Å². The quantitative estimate of drug-likeness (QED) is 0.788. The second-order valence-corrected chi connectivity index (χ2v) is 7.58. The van der Waals surface area contributed by atoms with E-state index in [1.165, 1.54) is 11.1 Å². The molecule has 1 aliphatic carbocycles. The Bertz CT molecular complexity index is 758. The monoisotopic (exact) mass is 367 g/mol. The Labute approximate surface area is 161 Å². The summed E-state index contributed by atoms with van der Waals surface area (Å²) in [5, 5.41) is 12.6. The van der Waals surface area contributed by atoms with Crippen molar-refractivity contribution in [2.75, 3.05) is 14.1 Å². The van der Waals surface area contributed by atoms with Gasteiger partial charge in [0.2, 0.25) is 5.91 Å². The first-order valence-corrected chi connectivity index (χ1v) is 9.70. The van der Waals surface area contributed by atoms with E-state index in [0.717, 1.165) is 37.8 Å². The van der Waals surface area contributed by atoms with Gasteiger partial charge in [-0.3, -0.25) is 9.78 Å². The van der Waals surface area contributed by atoms with Gasteiger partial charge in [-0.2, -0.15) is 0 Å². The Morgan fingerprint density at radius 1 is 1.30 bits per heavy atom. The van der Waals surface area contributed by atoms with Crippen molar-refractivity contribution >= 4 is 5.91 Å². The molecule has 2 N–H and O–H groups in total. The highest BCUT2D eigenvalue weighted by molar-refractivity contribution is 5.76. The van der Waals surface area contributed by atoms with Gasteiger partial charge in [0.15, 0.2) is 0 Å². The fourth-order valence-electron chi connectivity index (χ4n) is 3.77. The molecule has 2 aromatic rings. The summed E-state index contributed by atoms with van der Waals surface area (Å²) in [5.41, 5.74) is 3.46. The fourth-order valence-corrected chi connectivity index (χ4v) is 3.77. The predicted octanol–water partition coefficient (Wildman–Crippen LogP) is 3.23. The van der Waals surface area contributed by atoms with Crippen molar-refractivity contribution in [2.45, 2.75) is 50.6 Å². The maximum absolute atomic E-state index is 12.6. The van der Waals surface area contributed by atoms with Gasteiger partial charge >= 0.3 is 0 Å². The molecule has 0 saturated heterocycles. The van der Waals surface area contributed by atoms with Crippen LogP contribution < -0.4 is 5.32 Å². The number of benzene rings is 1. The standard InChI is InChI=1S/C22H29N3O2/c1-25(2)17(15-16-8-11-18(26)12-9-16)10-13-22(27)24-21-7-3-6-20-19(21)5-4-14-23-20/h4-5,8-9,11-12,14,17,21,26H,3,6-7,10,13,15H2,1-2H3,(H,24,27)/t17-,21?/m1/s1. The Kier molecular flexibility index (Phi) is 6.45. The number of carbonyl (C=O) groups excluding carboxylic acids is 1. The summed E-state index contributed by atoms with van der Waals surface area (Å²) in [7, 11) is 4.10. The summed E-state index contributed by atoms with van der Waals surface area (Å²) in [6.07, 6.45) is 7.03. The number of rotatable bonds is 7. The number of phenols is 1. The van der Waals surface area contributed by atoms with E-state index in [9.17, 15) is 9.90 Å². The third-order valence-corrected chi connectivity index (χ3v) is 5.39. The molecule has 0 aliphatic heterocycles. The largest absolute Gasteiger partial charge is 0.508 e. The second kappa shape index (κ2) is 9.00. The number of nitrogens with zero attached hydrogens (tertiary/aromatic N) is 2. The molecule has 1 unspecified atom stereocenters. The summed E-state index contributed by atoms with van der Waals surface area (Å²) in [4.78, 5) is 19.2. The van der Waals surface area contributed by atoms with Gasteiger partial charge in [-0.25, -0.2) is 0 Å². The van der Waals surface area contributed by atoms with Crippen LogP contribution in [0.3, 0.4) is 0 Å². The van der Waals surface area contributed by atoms with Gasteiger partial charge in [-0.1, -0.05) is 18.2 Å². The summed E-state index contributed by atoms with van der Waals surface area (Å²) in [6.45, 7) is 0. The van der Waals surface area contributed by atoms with Crippen LogP contribution in [0.4, 0.5) is 0 Å². The minimum Gasteiger partial charge on any atom is -0.508 e. The van der Waals surface area contributed by atoms with E-state index in [1.807, 2.05) is 38.5 Å². The number of aryl methyl sites for hydroxylation is 1. The van der Waals surface area contributed by atoms with Crippen molar-refractivity contribution in [1.29, 1.82) is 0 Å². The summed E-state index contributed by atoms with van der Waals surface area (Å²) in [6, 6.07) is 11.7. The first-order valence-electron chi connectivity index (χ1n) is 9.70. The number of aromatic hydroxyl groups is 1. The number of likely N-dealkylation sites (N-methyl/N-ethyl adjacent to an activating group) is 1. The first-order chi connectivity index (χ1) is 13.0. The third-order valence-electron chi connectivity index (χ3n) is 5.39. The number of phenolic OH excluding ortho intramolecular Hbond substituents is 1. The Morgan fingerprint density at radius 3 is 2.81 bits per heavy atom. The number of hydrogen-bond acceptors (Lipinski definition) is 4. The molecule has 5 nitrogen and oxygen atoms in total. The van der Waals surface area contributed by atoms with Crippen LogP contribution in [0.2, 0.25) is 0 Å². The lowest BCUT2D eigenvalue weighted by Crippen LogP contribution is -2.34. The minimum atomic E-state index is 0.0878. The van der Waals surface area contributed by atoms with Crippen LogP contribution in [0.15, 0.2) is 42.6 Å². The average molecular weight is 367 g/mol. The SMILES string of the molecule is CN(C)[C@H](CCC(=O)NC1CCCc2ncccc21)Cc1ccc(O)cc1. The van der Waals surface area contributed by atoms with E-state index in [1.54, 1.807) is 12.1 Å². The molecule has 3 rings (SSSR count). The van der Waals surface area contributed by atoms with Crippen molar-refractivity contribution in [2.24, 2.45) is 0 Å². The Morgan fingerprint density at radius 2 is 2.07 bits per heavy atom.